The molecule has 0 saturated carbocycles. The van der Waals surface area contributed by atoms with Crippen LogP contribution in [-0.2, 0) is 23.1 Å². The van der Waals surface area contributed by atoms with E-state index in [9.17, 15) is 0 Å². The van der Waals surface area contributed by atoms with Gasteiger partial charge in [-0.1, -0.05) is 17.7 Å². The Kier molecular flexibility index (Phi) is 4.45. The van der Waals surface area contributed by atoms with E-state index >= 15 is 0 Å². The molecule has 1 saturated heterocycles. The third-order valence-corrected chi connectivity index (χ3v) is 4.03. The number of rotatable bonds is 4. The summed E-state index contributed by atoms with van der Waals surface area (Å²) < 4.78 is 13.0. The van der Waals surface area contributed by atoms with Crippen molar-refractivity contribution in [3.8, 4) is 0 Å². The van der Waals surface area contributed by atoms with E-state index in [4.69, 9.17) is 21.1 Å². The molecule has 5 nitrogen and oxygen atoms in total. The summed E-state index contributed by atoms with van der Waals surface area (Å²) in [5, 5.41) is 6.39. The van der Waals surface area contributed by atoms with Gasteiger partial charge < -0.3 is 9.47 Å². The van der Waals surface area contributed by atoms with Crippen molar-refractivity contribution in [2.75, 3.05) is 33.4 Å². The first-order valence-corrected chi connectivity index (χ1v) is 7.51. The molecule has 2 heterocycles. The van der Waals surface area contributed by atoms with Gasteiger partial charge in [-0.25, -0.2) is 0 Å². The van der Waals surface area contributed by atoms with Crippen molar-refractivity contribution in [1.82, 2.24) is 14.7 Å². The fraction of sp³-hybridized carbons (Fsp3) is 0.533. The Hall–Kier alpha value is -1.14. The van der Waals surface area contributed by atoms with Crippen LogP contribution >= 0.6 is 11.6 Å². The van der Waals surface area contributed by atoms with E-state index in [-0.39, 0.29) is 6.10 Å². The molecule has 1 aliphatic heterocycles. The second-order valence-corrected chi connectivity index (χ2v) is 5.88. The van der Waals surface area contributed by atoms with Crippen LogP contribution in [0.4, 0.5) is 0 Å². The molecule has 21 heavy (non-hydrogen) atoms. The predicted octanol–water partition coefficient (Wildman–Crippen LogP) is 2.07. The van der Waals surface area contributed by atoms with Gasteiger partial charge in [0.2, 0.25) is 0 Å². The number of halogens is 1. The summed E-state index contributed by atoms with van der Waals surface area (Å²) >= 11 is 6.33. The molecule has 0 aliphatic carbocycles. The summed E-state index contributed by atoms with van der Waals surface area (Å²) in [5.74, 6) is 0. The van der Waals surface area contributed by atoms with Crippen LogP contribution in [0.15, 0.2) is 18.2 Å². The normalized spacial score (nSPS) is 19.5. The SMILES string of the molecule is CN(Cc1nn(C)c2cccc(Cl)c12)CC1COCCO1. The summed E-state index contributed by atoms with van der Waals surface area (Å²) in [6.07, 6.45) is 0.134. The highest BCUT2D eigenvalue weighted by Gasteiger charge is 2.18. The van der Waals surface area contributed by atoms with Gasteiger partial charge in [-0.15, -0.1) is 0 Å². The Labute approximate surface area is 129 Å². The summed E-state index contributed by atoms with van der Waals surface area (Å²) in [5.41, 5.74) is 2.06. The fourth-order valence-electron chi connectivity index (χ4n) is 2.77. The van der Waals surface area contributed by atoms with Crippen molar-refractivity contribution < 1.29 is 9.47 Å². The lowest BCUT2D eigenvalue weighted by Crippen LogP contribution is -2.38. The van der Waals surface area contributed by atoms with Crippen LogP contribution < -0.4 is 0 Å². The van der Waals surface area contributed by atoms with Crippen molar-refractivity contribution in [3.05, 3.63) is 28.9 Å². The van der Waals surface area contributed by atoms with Gasteiger partial charge in [-0.05, 0) is 19.2 Å². The van der Waals surface area contributed by atoms with E-state index in [1.54, 1.807) is 0 Å². The molecule has 114 valence electrons. The first kappa shape index (κ1) is 14.8. The van der Waals surface area contributed by atoms with Gasteiger partial charge in [0.1, 0.15) is 0 Å². The fourth-order valence-corrected chi connectivity index (χ4v) is 3.05. The second kappa shape index (κ2) is 6.32. The Balaban J connectivity index is 1.75. The van der Waals surface area contributed by atoms with E-state index in [0.717, 1.165) is 34.7 Å². The molecule has 0 radical (unpaired) electrons. The second-order valence-electron chi connectivity index (χ2n) is 5.47. The summed E-state index contributed by atoms with van der Waals surface area (Å²) in [6.45, 7) is 3.59. The maximum atomic E-state index is 6.33. The van der Waals surface area contributed by atoms with Gasteiger partial charge in [-0.2, -0.15) is 5.10 Å². The quantitative estimate of drug-likeness (QED) is 0.867. The first-order valence-electron chi connectivity index (χ1n) is 7.13. The number of aromatic nitrogens is 2. The minimum atomic E-state index is 0.134. The molecule has 1 aliphatic rings. The van der Waals surface area contributed by atoms with E-state index < -0.39 is 0 Å². The number of nitrogens with zero attached hydrogens (tertiary/aromatic N) is 3. The minimum absolute atomic E-state index is 0.134. The van der Waals surface area contributed by atoms with Gasteiger partial charge in [0.25, 0.3) is 0 Å². The number of ether oxygens (including phenoxy) is 2. The van der Waals surface area contributed by atoms with E-state index in [1.807, 2.05) is 29.9 Å². The van der Waals surface area contributed by atoms with E-state index in [1.165, 1.54) is 0 Å². The van der Waals surface area contributed by atoms with Gasteiger partial charge in [0.15, 0.2) is 0 Å². The molecule has 1 fully saturated rings. The topological polar surface area (TPSA) is 39.5 Å². The largest absolute Gasteiger partial charge is 0.376 e. The zero-order valence-electron chi connectivity index (χ0n) is 12.4. The van der Waals surface area contributed by atoms with Crippen LogP contribution in [0.25, 0.3) is 10.9 Å². The third-order valence-electron chi connectivity index (χ3n) is 3.72. The summed E-state index contributed by atoms with van der Waals surface area (Å²) in [6, 6.07) is 5.90. The average molecular weight is 310 g/mol. The van der Waals surface area contributed by atoms with Crippen LogP contribution in [0.3, 0.4) is 0 Å². The zero-order valence-corrected chi connectivity index (χ0v) is 13.1. The highest BCUT2D eigenvalue weighted by molar-refractivity contribution is 6.35. The predicted molar refractivity (Wildman–Crippen MR) is 82.6 cm³/mol. The van der Waals surface area contributed by atoms with Crippen LogP contribution in [0.2, 0.25) is 5.02 Å². The summed E-state index contributed by atoms with van der Waals surface area (Å²) in [7, 11) is 4.01. The Bertz CT molecular complexity index is 623. The van der Waals surface area contributed by atoms with Gasteiger partial charge in [-0.3, -0.25) is 9.58 Å². The number of hydrogen-bond donors (Lipinski definition) is 0. The summed E-state index contributed by atoms with van der Waals surface area (Å²) in [4.78, 5) is 2.20. The van der Waals surface area contributed by atoms with Gasteiger partial charge >= 0.3 is 0 Å². The molecule has 1 aromatic heterocycles. The lowest BCUT2D eigenvalue weighted by atomic mass is 10.2. The molecular formula is C15H20ClN3O2. The highest BCUT2D eigenvalue weighted by atomic mass is 35.5. The van der Waals surface area contributed by atoms with Gasteiger partial charge in [0.05, 0.1) is 42.2 Å². The maximum absolute atomic E-state index is 6.33. The van der Waals surface area contributed by atoms with E-state index in [2.05, 4.69) is 17.0 Å². The minimum Gasteiger partial charge on any atom is -0.376 e. The van der Waals surface area contributed by atoms with Crippen molar-refractivity contribution in [2.45, 2.75) is 12.6 Å². The number of hydrogen-bond acceptors (Lipinski definition) is 4. The molecular weight excluding hydrogens is 290 g/mol. The molecule has 6 heteroatoms. The molecule has 1 atom stereocenters. The number of benzene rings is 1. The molecule has 0 spiro atoms. The van der Waals surface area contributed by atoms with Crippen LogP contribution in [0, 0.1) is 0 Å². The van der Waals surface area contributed by atoms with Crippen LogP contribution in [0.1, 0.15) is 5.69 Å². The van der Waals surface area contributed by atoms with Gasteiger partial charge in [0, 0.05) is 25.5 Å². The van der Waals surface area contributed by atoms with Crippen molar-refractivity contribution >= 4 is 22.5 Å². The standard InChI is InChI=1S/C15H20ClN3O2/c1-18(8-11-10-20-6-7-21-11)9-13-15-12(16)4-3-5-14(15)19(2)17-13/h3-5,11H,6-10H2,1-2H3. The Morgan fingerprint density at radius 2 is 2.29 bits per heavy atom. The smallest absolute Gasteiger partial charge is 0.0936 e. The third kappa shape index (κ3) is 3.21. The Morgan fingerprint density at radius 1 is 1.43 bits per heavy atom. The lowest BCUT2D eigenvalue weighted by Gasteiger charge is -2.27. The zero-order chi connectivity index (χ0) is 14.8. The average Bonchev–Trinajstić information content (AvgIpc) is 2.77. The number of fused-ring (bicyclic) bond motifs is 1. The van der Waals surface area contributed by atoms with E-state index in [0.29, 0.717) is 19.8 Å². The lowest BCUT2D eigenvalue weighted by molar-refractivity contribution is -0.0963. The molecule has 2 aromatic rings. The van der Waals surface area contributed by atoms with Crippen molar-refractivity contribution in [2.24, 2.45) is 7.05 Å². The molecule has 0 bridgehead atoms. The number of aryl methyl sites for hydroxylation is 1. The van der Waals surface area contributed by atoms with Crippen molar-refractivity contribution in [3.63, 3.8) is 0 Å². The highest BCUT2D eigenvalue weighted by Crippen LogP contribution is 2.27. The number of likely N-dealkylation sites (N-methyl/N-ethyl adjacent to an activating group) is 1. The molecule has 1 unspecified atom stereocenters. The monoisotopic (exact) mass is 309 g/mol. The van der Waals surface area contributed by atoms with Crippen LogP contribution in [0.5, 0.6) is 0 Å². The van der Waals surface area contributed by atoms with Crippen LogP contribution in [-0.4, -0.2) is 54.2 Å². The van der Waals surface area contributed by atoms with Crippen molar-refractivity contribution in [1.29, 1.82) is 0 Å². The molecule has 0 amide bonds. The molecule has 0 N–H and O–H groups in total. The maximum Gasteiger partial charge on any atom is 0.0936 e. The Morgan fingerprint density at radius 3 is 3.05 bits per heavy atom. The first-order chi connectivity index (χ1) is 10.1. The molecule has 1 aromatic carbocycles. The molecule has 3 rings (SSSR count).